The summed E-state index contributed by atoms with van der Waals surface area (Å²) >= 11 is 0. The number of benzene rings is 12. The second-order valence-electron chi connectivity index (χ2n) is 22.0. The molecule has 12 aromatic carbocycles. The monoisotopic (exact) mass is 1560 g/mol. The maximum absolute atomic E-state index is 4.80. The van der Waals surface area contributed by atoms with Gasteiger partial charge in [0.25, 0.3) is 0 Å². The Morgan fingerprint density at radius 1 is 0.245 bits per heavy atom. The van der Waals surface area contributed by atoms with E-state index in [1.807, 2.05) is 41.5 Å². The van der Waals surface area contributed by atoms with Crippen LogP contribution in [-0.2, 0) is 57.8 Å². The molecule has 0 saturated carbocycles. The predicted molar refractivity (Wildman–Crippen MR) is 489 cm³/mol. The molecule has 0 aliphatic heterocycles. The van der Waals surface area contributed by atoms with Gasteiger partial charge in [-0.05, 0) is 172 Å². The summed E-state index contributed by atoms with van der Waals surface area (Å²) in [6.07, 6.45) is 4.97. The molecule has 0 spiro atoms. The number of nitrogens with one attached hydrogen (secondary N) is 1. The van der Waals surface area contributed by atoms with Gasteiger partial charge < -0.3 is 19.5 Å². The van der Waals surface area contributed by atoms with E-state index < -0.39 is 0 Å². The van der Waals surface area contributed by atoms with Crippen LogP contribution in [0.4, 0.5) is 0 Å². The summed E-state index contributed by atoms with van der Waals surface area (Å²) in [4.78, 5) is 16.3. The third-order valence-electron chi connectivity index (χ3n) is 14.2. The molecule has 0 aromatic heterocycles. The molecule has 106 heavy (non-hydrogen) atoms. The highest BCUT2D eigenvalue weighted by atomic mass is 32.2. The first-order chi connectivity index (χ1) is 52.4. The Morgan fingerprint density at radius 3 is 0.472 bits per heavy atom. The van der Waals surface area contributed by atoms with Gasteiger partial charge in [0.15, 0.2) is 58.7 Å². The summed E-state index contributed by atoms with van der Waals surface area (Å²) in [6.45, 7) is 19.7. The van der Waals surface area contributed by atoms with E-state index in [1.165, 1.54) is 144 Å². The van der Waals surface area contributed by atoms with Crippen molar-refractivity contribution in [3.63, 3.8) is 0 Å². The van der Waals surface area contributed by atoms with Crippen LogP contribution >= 0.6 is 0 Å². The fourth-order valence-electron chi connectivity index (χ4n) is 9.08. The van der Waals surface area contributed by atoms with Crippen molar-refractivity contribution in [2.45, 2.75) is 152 Å². The van der Waals surface area contributed by atoms with Crippen molar-refractivity contribution in [2.75, 3.05) is 54.4 Å². The average Bonchev–Trinajstić information content (AvgIpc) is 0.846. The van der Waals surface area contributed by atoms with Crippen LogP contribution in [0.5, 0.6) is 0 Å². The Labute approximate surface area is 668 Å². The summed E-state index contributed by atoms with van der Waals surface area (Å²) in [6, 6.07) is 133. The third kappa shape index (κ3) is 41.8. The molecule has 12 aromatic rings. The largest absolute Gasteiger partial charge is 0.389 e. The molecule has 12 heteroatoms. The molecule has 0 saturated heterocycles. The molecule has 0 fully saturated rings. The Morgan fingerprint density at radius 2 is 0.387 bits per heavy atom. The van der Waals surface area contributed by atoms with Gasteiger partial charge in [0.2, 0.25) is 0 Å². The Balaban J connectivity index is 0.000000627. The van der Waals surface area contributed by atoms with Gasteiger partial charge in [-0.15, -0.1) is 0 Å². The summed E-state index contributed by atoms with van der Waals surface area (Å²) < 4.78 is 13.7. The lowest BCUT2D eigenvalue weighted by Crippen LogP contribution is -2.13. The molecule has 0 aliphatic carbocycles. The van der Waals surface area contributed by atoms with Crippen molar-refractivity contribution < 1.29 is 14.2 Å². The van der Waals surface area contributed by atoms with Gasteiger partial charge in [0, 0.05) is 82.2 Å². The van der Waals surface area contributed by atoms with E-state index in [4.69, 9.17) is 4.74 Å². The number of hydrogen-bond acceptors (Lipinski definition) is 4. The number of rotatable bonds is 21. The SMILES string of the molecule is CC.CC.CC.CCC[SiH3].CCNCCC[SiH3].COC.COCCC[SiH3].COC[SiH3].c1ccc([S+](c2ccccc2)c2ccccc2)cc1.c1ccc([S+](c2ccccc2)c2ccccc2)cc1.c1ccc([S+](c2ccccc2)c2ccccc2)cc1.c1ccc([S+](c2ccccc2)c2ccccc2)cc1. The third-order valence-corrected chi connectivity index (χ3v) is 26.1. The molecule has 12 rings (SSSR count). The van der Waals surface area contributed by atoms with E-state index >= 15 is 0 Å². The van der Waals surface area contributed by atoms with Crippen molar-refractivity contribution in [1.29, 1.82) is 0 Å². The Kier molecular flexibility index (Phi) is 63.4. The number of methoxy groups -OCH3 is 3. The normalized spacial score (nSPS) is 9.74. The van der Waals surface area contributed by atoms with Crippen LogP contribution in [0.1, 0.15) is 74.7 Å². The van der Waals surface area contributed by atoms with E-state index in [1.54, 1.807) is 28.4 Å². The minimum Gasteiger partial charge on any atom is -0.389 e. The Bertz CT molecular complexity index is 2870. The highest BCUT2D eigenvalue weighted by Crippen LogP contribution is 2.34. The highest BCUT2D eigenvalue weighted by Gasteiger charge is 2.31. The fraction of sp³-hybridized carbons (Fsp3) is 0.234. The van der Waals surface area contributed by atoms with Gasteiger partial charge in [0.05, 0.1) is 43.6 Å². The van der Waals surface area contributed by atoms with Gasteiger partial charge >= 0.3 is 0 Å². The summed E-state index contributed by atoms with van der Waals surface area (Å²) in [5.74, 6) is 0. The Hall–Kier alpha value is -7.25. The molecule has 0 aliphatic rings. The van der Waals surface area contributed by atoms with Gasteiger partial charge in [-0.1, -0.05) is 298 Å². The predicted octanol–water partition coefficient (Wildman–Crippen LogP) is 21.2. The molecule has 0 radical (unpaired) electrons. The second-order valence-corrected chi connectivity index (χ2v) is 33.7. The van der Waals surface area contributed by atoms with E-state index in [2.05, 4.69) is 393 Å². The zero-order valence-electron chi connectivity index (χ0n) is 67.1. The van der Waals surface area contributed by atoms with E-state index in [0.717, 1.165) is 19.4 Å². The zero-order valence-corrected chi connectivity index (χ0v) is 78.3. The zero-order chi connectivity index (χ0) is 77.6. The molecule has 0 unspecified atom stereocenters. The number of ether oxygens (including phenoxy) is 3. The van der Waals surface area contributed by atoms with E-state index in [-0.39, 0.29) is 43.6 Å². The van der Waals surface area contributed by atoms with Gasteiger partial charge in [-0.25, -0.2) is 0 Å². The highest BCUT2D eigenvalue weighted by molar-refractivity contribution is 7.98. The lowest BCUT2D eigenvalue weighted by molar-refractivity contribution is 0.199. The first kappa shape index (κ1) is 96.8. The first-order valence-electron chi connectivity index (χ1n) is 38.0. The van der Waals surface area contributed by atoms with Crippen molar-refractivity contribution in [3.8, 4) is 0 Å². The molecule has 0 atom stereocenters. The van der Waals surface area contributed by atoms with Crippen LogP contribution in [-0.4, -0.2) is 95.3 Å². The molecule has 0 heterocycles. The maximum atomic E-state index is 4.80. The van der Waals surface area contributed by atoms with Crippen molar-refractivity contribution in [1.82, 2.24) is 5.32 Å². The van der Waals surface area contributed by atoms with Crippen LogP contribution in [0.15, 0.2) is 423 Å². The van der Waals surface area contributed by atoms with E-state index in [0.29, 0.717) is 0 Å². The maximum Gasteiger partial charge on any atom is 0.166 e. The minimum atomic E-state index is -0.0146. The van der Waals surface area contributed by atoms with Crippen LogP contribution in [0.2, 0.25) is 18.1 Å². The van der Waals surface area contributed by atoms with Crippen molar-refractivity contribution >= 4 is 84.5 Å². The lowest BCUT2D eigenvalue weighted by atomic mass is 10.4. The van der Waals surface area contributed by atoms with Crippen molar-refractivity contribution in [2.24, 2.45) is 0 Å². The van der Waals surface area contributed by atoms with Crippen LogP contribution in [0.3, 0.4) is 0 Å². The van der Waals surface area contributed by atoms with Crippen molar-refractivity contribution in [3.05, 3.63) is 364 Å². The van der Waals surface area contributed by atoms with Crippen LogP contribution in [0.25, 0.3) is 0 Å². The molecule has 1 N–H and O–H groups in total. The summed E-state index contributed by atoms with van der Waals surface area (Å²) in [5, 5.41) is 3.27. The van der Waals surface area contributed by atoms with E-state index in [9.17, 15) is 0 Å². The topological polar surface area (TPSA) is 39.7 Å². The van der Waals surface area contributed by atoms with Crippen LogP contribution < -0.4 is 5.32 Å². The van der Waals surface area contributed by atoms with Gasteiger partial charge in [0.1, 0.15) is 0 Å². The second kappa shape index (κ2) is 69.5. The fourth-order valence-corrected chi connectivity index (χ4v) is 18.1. The molecule has 0 bridgehead atoms. The average molecular weight is 1560 g/mol. The molecule has 564 valence electrons. The molecule has 4 nitrogen and oxygen atoms in total. The quantitative estimate of drug-likeness (QED) is 0.0442. The molecular weight excluding hydrogens is 1430 g/mol. The standard InChI is InChI=1S/4C18H15S.C5H15NSi.C4H12OSi.C3H10Si.C2H8OSi.C2H6O.3C2H6/c4*1-4-10-16(11-5-1)19(17-12-6-2-7-13-17)18-14-8-3-9-15-18;1-2-6-4-3-5-7;1-5-3-2-4-6;1-2-3-4;1-3-2-4;1-3-2;3*1-2/h4*1-15H;6H,2-5H2,1,7H3;2-4H2,1,6H3;2-3H2,1,4H3;2H2,1,4H3;1-2H3;3*1-2H3/q4*+1;;;;;;;;. The first-order valence-corrected chi connectivity index (χ1v) is 48.6. The smallest absolute Gasteiger partial charge is 0.166 e. The van der Waals surface area contributed by atoms with Gasteiger partial charge in [-0.2, -0.15) is 0 Å². The minimum absolute atomic E-state index is 0.0146. The summed E-state index contributed by atoms with van der Waals surface area (Å²) in [7, 11) is 11.9. The summed E-state index contributed by atoms with van der Waals surface area (Å²) in [5.41, 5.74) is 0. The molecule has 0 amide bonds. The molecular formula is C94H129NO3S4Si4+4. The lowest BCUT2D eigenvalue weighted by Gasteiger charge is -2.07. The number of hydrogen-bond donors (Lipinski definition) is 1. The van der Waals surface area contributed by atoms with Gasteiger partial charge in [-0.3, -0.25) is 0 Å². The van der Waals surface area contributed by atoms with Crippen LogP contribution in [0, 0.1) is 0 Å².